The highest BCUT2D eigenvalue weighted by Crippen LogP contribution is 1.99. The zero-order valence-corrected chi connectivity index (χ0v) is 7.45. The molecule has 0 saturated carbocycles. The van der Waals surface area contributed by atoms with Gasteiger partial charge in [0.15, 0.2) is 0 Å². The third kappa shape index (κ3) is 5.39. The van der Waals surface area contributed by atoms with Crippen molar-refractivity contribution in [3.8, 4) is 0 Å². The Labute approximate surface area is 73.0 Å². The summed E-state index contributed by atoms with van der Waals surface area (Å²) in [5.74, 6) is 0. The van der Waals surface area contributed by atoms with Crippen molar-refractivity contribution in [3.63, 3.8) is 0 Å². The number of rotatable bonds is 4. The first-order valence-corrected chi connectivity index (χ1v) is 3.92. The Hall–Kier alpha value is -1.40. The molecule has 0 bridgehead atoms. The van der Waals surface area contributed by atoms with Crippen LogP contribution in [0, 0.1) is 0 Å². The molecule has 64 valence electrons. The predicted molar refractivity (Wildman–Crippen MR) is 50.4 cm³/mol. The van der Waals surface area contributed by atoms with E-state index >= 15 is 0 Å². The van der Waals surface area contributed by atoms with Gasteiger partial charge in [-0.1, -0.05) is 25.2 Å². The molecule has 0 aromatic heterocycles. The molecule has 0 rings (SSSR count). The fourth-order valence-electron chi connectivity index (χ4n) is 0.616. The summed E-state index contributed by atoms with van der Waals surface area (Å²) in [5, 5.41) is 0. The molecule has 0 radical (unpaired) electrons. The zero-order chi connectivity index (χ0) is 9.23. The summed E-state index contributed by atoms with van der Waals surface area (Å²) in [4.78, 5) is 13.5. The van der Waals surface area contributed by atoms with Crippen molar-refractivity contribution in [1.29, 1.82) is 0 Å². The van der Waals surface area contributed by atoms with Gasteiger partial charge >= 0.3 is 0 Å². The molecule has 0 spiro atoms. The summed E-state index contributed by atoms with van der Waals surface area (Å²) >= 11 is 0. The van der Waals surface area contributed by atoms with Crippen LogP contribution < -0.4 is 0 Å². The summed E-state index contributed by atoms with van der Waals surface area (Å²) in [5.41, 5.74) is 0.630. The minimum absolute atomic E-state index is 0.630. The maximum absolute atomic E-state index is 9.95. The van der Waals surface area contributed by atoms with Crippen molar-refractivity contribution < 1.29 is 4.79 Å². The molecule has 0 saturated heterocycles. The van der Waals surface area contributed by atoms with E-state index in [1.165, 1.54) is 6.08 Å². The lowest BCUT2D eigenvalue weighted by atomic mass is 10.3. The van der Waals surface area contributed by atoms with Crippen LogP contribution in [0.1, 0.15) is 20.3 Å². The fraction of sp³-hybridized carbons (Fsp3) is 0.300. The Kier molecular flexibility index (Phi) is 6.81. The molecule has 0 amide bonds. The van der Waals surface area contributed by atoms with Crippen molar-refractivity contribution in [2.45, 2.75) is 20.3 Å². The van der Waals surface area contributed by atoms with Crippen LogP contribution >= 0.6 is 0 Å². The van der Waals surface area contributed by atoms with Crippen LogP contribution in [0.3, 0.4) is 0 Å². The maximum Gasteiger partial charge on any atom is 0.240 e. The van der Waals surface area contributed by atoms with E-state index in [1.807, 2.05) is 32.1 Å². The monoisotopic (exact) mass is 163 g/mol. The van der Waals surface area contributed by atoms with Crippen LogP contribution in [-0.2, 0) is 4.79 Å². The average Bonchev–Trinajstić information content (AvgIpc) is 2.10. The second kappa shape index (κ2) is 7.70. The summed E-state index contributed by atoms with van der Waals surface area (Å²) in [7, 11) is 0. The molecule has 2 heteroatoms. The van der Waals surface area contributed by atoms with Crippen LogP contribution in [0.5, 0.6) is 0 Å². The molecule has 12 heavy (non-hydrogen) atoms. The second-order valence-electron chi connectivity index (χ2n) is 2.13. The number of nitrogens with zero attached hydrogens (tertiary/aromatic N) is 1. The van der Waals surface area contributed by atoms with Crippen molar-refractivity contribution in [3.05, 3.63) is 36.1 Å². The van der Waals surface area contributed by atoms with Gasteiger partial charge in [-0.2, -0.15) is 4.99 Å². The first-order valence-electron chi connectivity index (χ1n) is 3.92. The van der Waals surface area contributed by atoms with Crippen LogP contribution in [0.15, 0.2) is 41.1 Å². The quantitative estimate of drug-likeness (QED) is 0.356. The normalized spacial score (nSPS) is 12.3. The highest BCUT2D eigenvalue weighted by molar-refractivity contribution is 5.40. The van der Waals surface area contributed by atoms with Gasteiger partial charge in [0.05, 0.1) is 5.70 Å². The number of aliphatic imine (C=N–C) groups is 1. The van der Waals surface area contributed by atoms with Gasteiger partial charge in [-0.25, -0.2) is 4.79 Å². The van der Waals surface area contributed by atoms with Gasteiger partial charge < -0.3 is 0 Å². The van der Waals surface area contributed by atoms with E-state index in [0.29, 0.717) is 5.70 Å². The standard InChI is InChI=1S/C10H13NO/c1-3-5-7-10(11-9-12)8-6-4-2/h3,5-8H,4H2,1-2H3/b5-3-,8-6?,10-7+. The van der Waals surface area contributed by atoms with Gasteiger partial charge in [-0.05, 0) is 25.5 Å². The van der Waals surface area contributed by atoms with Crippen molar-refractivity contribution >= 4 is 6.08 Å². The van der Waals surface area contributed by atoms with Gasteiger partial charge in [0.1, 0.15) is 0 Å². The van der Waals surface area contributed by atoms with Crippen LogP contribution in [0.4, 0.5) is 0 Å². The SMILES string of the molecule is C/C=C\C=C(/C=CCC)N=C=O. The van der Waals surface area contributed by atoms with E-state index < -0.39 is 0 Å². The first kappa shape index (κ1) is 10.6. The highest BCUT2D eigenvalue weighted by Gasteiger charge is 1.82. The molecule has 0 aliphatic rings. The van der Waals surface area contributed by atoms with Crippen molar-refractivity contribution in [1.82, 2.24) is 0 Å². The Morgan fingerprint density at radius 1 is 1.58 bits per heavy atom. The summed E-state index contributed by atoms with van der Waals surface area (Å²) in [6.45, 7) is 3.93. The van der Waals surface area contributed by atoms with Gasteiger partial charge in [0.25, 0.3) is 0 Å². The zero-order valence-electron chi connectivity index (χ0n) is 7.45. The van der Waals surface area contributed by atoms with Crippen LogP contribution in [0.2, 0.25) is 0 Å². The second-order valence-corrected chi connectivity index (χ2v) is 2.13. The molecule has 0 atom stereocenters. The summed E-state index contributed by atoms with van der Waals surface area (Å²) in [6.07, 6.45) is 11.6. The molecule has 0 unspecified atom stereocenters. The lowest BCUT2D eigenvalue weighted by molar-refractivity contribution is 0.565. The third-order valence-electron chi connectivity index (χ3n) is 1.16. The van der Waals surface area contributed by atoms with E-state index in [2.05, 4.69) is 4.99 Å². The van der Waals surface area contributed by atoms with Crippen LogP contribution in [0.25, 0.3) is 0 Å². The van der Waals surface area contributed by atoms with Gasteiger partial charge in [0.2, 0.25) is 6.08 Å². The largest absolute Gasteiger partial charge is 0.240 e. The van der Waals surface area contributed by atoms with E-state index in [0.717, 1.165) is 6.42 Å². The number of carbonyl (C=O) groups excluding carboxylic acids is 1. The van der Waals surface area contributed by atoms with Crippen molar-refractivity contribution in [2.24, 2.45) is 4.99 Å². The number of isocyanates is 1. The first-order chi connectivity index (χ1) is 5.85. The summed E-state index contributed by atoms with van der Waals surface area (Å²) in [6, 6.07) is 0. The predicted octanol–water partition coefficient (Wildman–Crippen LogP) is 2.75. The molecular formula is C10H13NO. The minimum atomic E-state index is 0.630. The van der Waals surface area contributed by atoms with Crippen molar-refractivity contribution in [2.75, 3.05) is 0 Å². The molecule has 0 N–H and O–H groups in total. The lowest BCUT2D eigenvalue weighted by Gasteiger charge is -1.85. The maximum atomic E-state index is 9.95. The van der Waals surface area contributed by atoms with Crippen LogP contribution in [-0.4, -0.2) is 6.08 Å². The fourth-order valence-corrected chi connectivity index (χ4v) is 0.616. The molecular weight excluding hydrogens is 150 g/mol. The molecule has 0 heterocycles. The van der Waals surface area contributed by atoms with E-state index in [-0.39, 0.29) is 0 Å². The Balaban J connectivity index is 4.42. The molecule has 0 fully saturated rings. The number of hydrogen-bond acceptors (Lipinski definition) is 2. The van der Waals surface area contributed by atoms with E-state index in [4.69, 9.17) is 0 Å². The highest BCUT2D eigenvalue weighted by atomic mass is 16.1. The van der Waals surface area contributed by atoms with Gasteiger partial charge in [0, 0.05) is 0 Å². The molecule has 0 aromatic rings. The minimum Gasteiger partial charge on any atom is -0.211 e. The Morgan fingerprint density at radius 2 is 2.33 bits per heavy atom. The smallest absolute Gasteiger partial charge is 0.211 e. The Bertz CT molecular complexity index is 243. The lowest BCUT2D eigenvalue weighted by Crippen LogP contribution is -1.69. The van der Waals surface area contributed by atoms with E-state index in [1.54, 1.807) is 12.2 Å². The number of hydrogen-bond donors (Lipinski definition) is 0. The number of allylic oxidation sites excluding steroid dienone is 5. The molecule has 0 aliphatic heterocycles. The van der Waals surface area contributed by atoms with Gasteiger partial charge in [-0.15, -0.1) is 0 Å². The molecule has 0 aliphatic carbocycles. The van der Waals surface area contributed by atoms with E-state index in [9.17, 15) is 4.79 Å². The molecule has 2 nitrogen and oxygen atoms in total. The summed E-state index contributed by atoms with van der Waals surface area (Å²) < 4.78 is 0. The Morgan fingerprint density at radius 3 is 2.83 bits per heavy atom. The molecule has 0 aromatic carbocycles. The topological polar surface area (TPSA) is 29.4 Å². The third-order valence-corrected chi connectivity index (χ3v) is 1.16. The average molecular weight is 163 g/mol. The van der Waals surface area contributed by atoms with Gasteiger partial charge in [-0.3, -0.25) is 0 Å².